The number of amides is 2. The fraction of sp³-hybridized carbons (Fsp3) is 0.895. The summed E-state index contributed by atoms with van der Waals surface area (Å²) in [5.41, 5.74) is 0. The first kappa shape index (κ1) is 21.4. The van der Waals surface area contributed by atoms with Gasteiger partial charge in [-0.2, -0.15) is 0 Å². The van der Waals surface area contributed by atoms with Gasteiger partial charge in [-0.15, -0.1) is 0 Å². The van der Waals surface area contributed by atoms with Crippen LogP contribution in [0, 0.1) is 0 Å². The third-order valence-electron chi connectivity index (χ3n) is 5.42. The first-order chi connectivity index (χ1) is 11.1. The lowest BCUT2D eigenvalue weighted by atomic mass is 10.1. The molecule has 1 unspecified atom stereocenters. The van der Waals surface area contributed by atoms with Gasteiger partial charge in [0.1, 0.15) is 0 Å². The molecule has 0 radical (unpaired) electrons. The molecule has 1 aliphatic rings. The van der Waals surface area contributed by atoms with Crippen molar-refractivity contribution in [3.05, 3.63) is 0 Å². The van der Waals surface area contributed by atoms with Gasteiger partial charge in [0.15, 0.2) is 8.32 Å². The second-order valence-corrected chi connectivity index (χ2v) is 13.4. The summed E-state index contributed by atoms with van der Waals surface area (Å²) in [5.74, 6) is -0.0613. The molecule has 0 N–H and O–H groups in total. The minimum atomic E-state index is -1.92. The number of nitrogens with zero attached hydrogens (tertiary/aromatic N) is 1. The van der Waals surface area contributed by atoms with Crippen LogP contribution in [0.3, 0.4) is 0 Å². The maximum atomic E-state index is 12.5. The van der Waals surface area contributed by atoms with Crippen LogP contribution in [0.2, 0.25) is 18.1 Å². The number of unbranched alkanes of at least 4 members (excludes halogenated alkanes) is 3. The van der Waals surface area contributed by atoms with Crippen LogP contribution in [0.25, 0.3) is 0 Å². The quantitative estimate of drug-likeness (QED) is 0.437. The smallest absolute Gasteiger partial charge is 0.231 e. The second-order valence-electron chi connectivity index (χ2n) is 8.60. The Morgan fingerprint density at radius 2 is 1.92 bits per heavy atom. The average molecular weight is 356 g/mol. The van der Waals surface area contributed by atoms with E-state index in [2.05, 4.69) is 40.8 Å². The van der Waals surface area contributed by atoms with E-state index in [-0.39, 0.29) is 23.0 Å². The molecule has 1 atom stereocenters. The highest BCUT2D eigenvalue weighted by Crippen LogP contribution is 2.38. The molecule has 1 rings (SSSR count). The number of hydrogen-bond donors (Lipinski definition) is 0. The van der Waals surface area contributed by atoms with Crippen LogP contribution in [0.4, 0.5) is 0 Å². The highest BCUT2D eigenvalue weighted by Gasteiger charge is 2.40. The molecule has 0 spiro atoms. The Hall–Kier alpha value is -0.683. The molecule has 1 heterocycles. The van der Waals surface area contributed by atoms with Crippen molar-refractivity contribution in [2.24, 2.45) is 0 Å². The number of likely N-dealkylation sites (tertiary alicyclic amines) is 1. The summed E-state index contributed by atoms with van der Waals surface area (Å²) in [7, 11) is -1.92. The summed E-state index contributed by atoms with van der Waals surface area (Å²) >= 11 is 0. The summed E-state index contributed by atoms with van der Waals surface area (Å²) < 4.78 is 6.53. The van der Waals surface area contributed by atoms with Crippen LogP contribution in [0.5, 0.6) is 0 Å². The molecule has 1 fully saturated rings. The topological polar surface area (TPSA) is 46.6 Å². The maximum Gasteiger partial charge on any atom is 0.231 e. The van der Waals surface area contributed by atoms with Gasteiger partial charge in [-0.25, -0.2) is 0 Å². The van der Waals surface area contributed by atoms with E-state index in [0.29, 0.717) is 19.4 Å². The van der Waals surface area contributed by atoms with E-state index in [0.717, 1.165) is 19.3 Å². The lowest BCUT2D eigenvalue weighted by molar-refractivity contribution is -0.142. The molecule has 0 saturated carbocycles. The molecule has 0 aliphatic carbocycles. The Kier molecular flexibility index (Phi) is 8.13. The van der Waals surface area contributed by atoms with Crippen molar-refractivity contribution in [3.8, 4) is 0 Å². The van der Waals surface area contributed by atoms with Crippen LogP contribution in [-0.4, -0.2) is 37.7 Å². The number of rotatable bonds is 9. The predicted octanol–water partition coefficient (Wildman–Crippen LogP) is 4.89. The highest BCUT2D eigenvalue weighted by molar-refractivity contribution is 6.74. The molecule has 0 aromatic carbocycles. The fourth-order valence-corrected chi connectivity index (χ4v) is 4.20. The van der Waals surface area contributed by atoms with Crippen molar-refractivity contribution in [1.29, 1.82) is 0 Å². The zero-order chi connectivity index (χ0) is 18.4. The molecule has 1 saturated heterocycles. The van der Waals surface area contributed by atoms with Crippen LogP contribution in [0.1, 0.15) is 79.1 Å². The Bertz CT molecular complexity index is 429. The van der Waals surface area contributed by atoms with E-state index in [4.69, 9.17) is 4.43 Å². The third kappa shape index (κ3) is 6.32. The van der Waals surface area contributed by atoms with Gasteiger partial charge in [-0.05, 0) is 31.0 Å². The first-order valence-electron chi connectivity index (χ1n) is 9.59. The summed E-state index contributed by atoms with van der Waals surface area (Å²) in [5, 5.41) is 0.126. The summed E-state index contributed by atoms with van der Waals surface area (Å²) in [4.78, 5) is 25.8. The lowest BCUT2D eigenvalue weighted by Gasteiger charge is -2.39. The van der Waals surface area contributed by atoms with Gasteiger partial charge >= 0.3 is 0 Å². The van der Waals surface area contributed by atoms with Crippen LogP contribution >= 0.6 is 0 Å². The Balaban J connectivity index is 2.69. The molecular formula is C19H37NO3Si. The molecule has 0 aromatic heterocycles. The number of hydrogen-bond acceptors (Lipinski definition) is 3. The van der Waals surface area contributed by atoms with Crippen molar-refractivity contribution in [2.75, 3.05) is 6.54 Å². The van der Waals surface area contributed by atoms with Gasteiger partial charge in [0.25, 0.3) is 0 Å². The zero-order valence-electron chi connectivity index (χ0n) is 16.6. The van der Waals surface area contributed by atoms with E-state index in [1.807, 2.05) is 0 Å². The van der Waals surface area contributed by atoms with E-state index in [1.165, 1.54) is 24.2 Å². The Morgan fingerprint density at radius 1 is 1.25 bits per heavy atom. The number of imide groups is 1. The molecular weight excluding hydrogens is 318 g/mol. The Labute approximate surface area is 149 Å². The van der Waals surface area contributed by atoms with Crippen molar-refractivity contribution in [3.63, 3.8) is 0 Å². The normalized spacial score (nSPS) is 17.4. The van der Waals surface area contributed by atoms with Gasteiger partial charge in [-0.3, -0.25) is 14.5 Å². The SMILES string of the molecule is CCCCCCC(CC(=O)N1CCCC1=O)O[Si](C)(C)C(C)(C)C. The fourth-order valence-electron chi connectivity index (χ4n) is 2.81. The Morgan fingerprint density at radius 3 is 2.42 bits per heavy atom. The minimum absolute atomic E-state index is 0.0166. The molecule has 1 aliphatic heterocycles. The van der Waals surface area contributed by atoms with E-state index >= 15 is 0 Å². The summed E-state index contributed by atoms with van der Waals surface area (Å²) in [6.07, 6.45) is 7.23. The van der Waals surface area contributed by atoms with Gasteiger partial charge in [0.2, 0.25) is 11.8 Å². The second kappa shape index (κ2) is 9.14. The highest BCUT2D eigenvalue weighted by atomic mass is 28.4. The molecule has 2 amide bonds. The summed E-state index contributed by atoms with van der Waals surface area (Å²) in [6, 6.07) is 0. The van der Waals surface area contributed by atoms with Crippen molar-refractivity contribution in [1.82, 2.24) is 4.90 Å². The summed E-state index contributed by atoms with van der Waals surface area (Å²) in [6.45, 7) is 13.9. The molecule has 24 heavy (non-hydrogen) atoms. The van der Waals surface area contributed by atoms with Gasteiger partial charge in [0.05, 0.1) is 12.5 Å². The predicted molar refractivity (Wildman–Crippen MR) is 101 cm³/mol. The molecule has 140 valence electrons. The van der Waals surface area contributed by atoms with Crippen molar-refractivity contribution >= 4 is 20.1 Å². The van der Waals surface area contributed by atoms with Crippen LogP contribution < -0.4 is 0 Å². The van der Waals surface area contributed by atoms with Gasteiger partial charge in [0, 0.05) is 13.0 Å². The van der Waals surface area contributed by atoms with Gasteiger partial charge < -0.3 is 4.43 Å². The minimum Gasteiger partial charge on any atom is -0.413 e. The monoisotopic (exact) mass is 355 g/mol. The number of carbonyl (C=O) groups excluding carboxylic acids is 2. The van der Waals surface area contributed by atoms with Crippen molar-refractivity contribution in [2.45, 2.75) is 103 Å². The largest absolute Gasteiger partial charge is 0.413 e. The van der Waals surface area contributed by atoms with Crippen LogP contribution in [-0.2, 0) is 14.0 Å². The van der Waals surface area contributed by atoms with Crippen LogP contribution in [0.15, 0.2) is 0 Å². The molecule has 0 aromatic rings. The third-order valence-corrected chi connectivity index (χ3v) is 9.96. The molecule has 5 heteroatoms. The zero-order valence-corrected chi connectivity index (χ0v) is 17.6. The first-order valence-corrected chi connectivity index (χ1v) is 12.5. The van der Waals surface area contributed by atoms with E-state index in [9.17, 15) is 9.59 Å². The number of carbonyl (C=O) groups is 2. The molecule has 4 nitrogen and oxygen atoms in total. The van der Waals surface area contributed by atoms with E-state index < -0.39 is 8.32 Å². The standard InChI is InChI=1S/C19H37NO3Si/c1-7-8-9-10-12-16(23-24(5,6)19(2,3)4)15-18(22)20-14-11-13-17(20)21/h16H,7-15H2,1-6H3. The maximum absolute atomic E-state index is 12.5. The molecule has 0 bridgehead atoms. The van der Waals surface area contributed by atoms with E-state index in [1.54, 1.807) is 0 Å². The van der Waals surface area contributed by atoms with Crippen molar-refractivity contribution < 1.29 is 14.0 Å². The average Bonchev–Trinajstić information content (AvgIpc) is 2.88. The van der Waals surface area contributed by atoms with Gasteiger partial charge in [-0.1, -0.05) is 53.4 Å². The lowest BCUT2D eigenvalue weighted by Crippen LogP contribution is -2.45.